The molecule has 0 aliphatic carbocycles. The minimum absolute atomic E-state index is 0.188. The third-order valence-corrected chi connectivity index (χ3v) is 4.62. The molecule has 0 saturated carbocycles. The van der Waals surface area contributed by atoms with E-state index in [1.165, 1.54) is 21.3 Å². The summed E-state index contributed by atoms with van der Waals surface area (Å²) in [5.74, 6) is 2.15. The molecule has 0 saturated heterocycles. The number of nitrogens with one attached hydrogen (secondary N) is 1. The van der Waals surface area contributed by atoms with E-state index in [2.05, 4.69) is 20.9 Å². The van der Waals surface area contributed by atoms with E-state index >= 15 is 0 Å². The van der Waals surface area contributed by atoms with Crippen LogP contribution in [0.1, 0.15) is 22.6 Å². The summed E-state index contributed by atoms with van der Waals surface area (Å²) in [7, 11) is 4.58. The molecule has 3 rings (SSSR count). The first-order chi connectivity index (χ1) is 13.6. The zero-order chi connectivity index (χ0) is 20.1. The van der Waals surface area contributed by atoms with Gasteiger partial charge in [-0.15, -0.1) is 0 Å². The Balaban J connectivity index is 1.63. The van der Waals surface area contributed by atoms with Crippen LogP contribution in [0.2, 0.25) is 0 Å². The number of imidazole rings is 1. The minimum atomic E-state index is -0.188. The van der Waals surface area contributed by atoms with E-state index in [0.29, 0.717) is 29.4 Å². The molecule has 0 unspecified atom stereocenters. The number of aryl methyl sites for hydroxylation is 2. The number of rotatable bonds is 8. The molecule has 0 aliphatic heterocycles. The Labute approximate surface area is 164 Å². The van der Waals surface area contributed by atoms with Gasteiger partial charge in [-0.25, -0.2) is 4.98 Å². The lowest BCUT2D eigenvalue weighted by Crippen LogP contribution is -2.25. The van der Waals surface area contributed by atoms with Gasteiger partial charge in [0.2, 0.25) is 5.75 Å². The highest BCUT2D eigenvalue weighted by Gasteiger charge is 2.16. The number of hydrogen-bond donors (Lipinski definition) is 1. The van der Waals surface area contributed by atoms with Crippen molar-refractivity contribution in [1.82, 2.24) is 14.9 Å². The topological polar surface area (TPSA) is 74.6 Å². The molecule has 3 aromatic rings. The Morgan fingerprint density at radius 3 is 2.39 bits per heavy atom. The molecule has 1 amide bonds. The number of carbonyl (C=O) groups is 1. The van der Waals surface area contributed by atoms with Crippen molar-refractivity contribution in [2.45, 2.75) is 19.9 Å². The quantitative estimate of drug-likeness (QED) is 0.605. The van der Waals surface area contributed by atoms with E-state index in [4.69, 9.17) is 14.2 Å². The Hall–Kier alpha value is -3.22. The summed E-state index contributed by atoms with van der Waals surface area (Å²) in [5.41, 5.74) is 2.55. The number of aromatic nitrogens is 2. The summed E-state index contributed by atoms with van der Waals surface area (Å²) in [4.78, 5) is 17.1. The van der Waals surface area contributed by atoms with Crippen LogP contribution in [0.25, 0.3) is 11.0 Å². The highest BCUT2D eigenvalue weighted by molar-refractivity contribution is 5.95. The average molecular weight is 383 g/mol. The van der Waals surface area contributed by atoms with E-state index in [0.717, 1.165) is 29.8 Å². The number of para-hydroxylation sites is 2. The van der Waals surface area contributed by atoms with Crippen LogP contribution < -0.4 is 19.5 Å². The number of nitrogens with zero attached hydrogens (tertiary/aromatic N) is 2. The molecular weight excluding hydrogens is 358 g/mol. The van der Waals surface area contributed by atoms with Crippen LogP contribution in [0.5, 0.6) is 17.2 Å². The number of ether oxygens (including phenoxy) is 3. The molecule has 148 valence electrons. The molecule has 0 radical (unpaired) electrons. The predicted octanol–water partition coefficient (Wildman–Crippen LogP) is 3.19. The lowest BCUT2D eigenvalue weighted by molar-refractivity contribution is 0.0952. The lowest BCUT2D eigenvalue weighted by atomic mass is 10.1. The molecule has 2 aromatic carbocycles. The van der Waals surface area contributed by atoms with Crippen LogP contribution in [-0.2, 0) is 6.54 Å². The zero-order valence-electron chi connectivity index (χ0n) is 16.6. The molecule has 0 fully saturated rings. The van der Waals surface area contributed by atoms with Crippen LogP contribution in [-0.4, -0.2) is 43.3 Å². The van der Waals surface area contributed by atoms with E-state index < -0.39 is 0 Å². The number of methoxy groups -OCH3 is 3. The maximum absolute atomic E-state index is 12.5. The third-order valence-electron chi connectivity index (χ3n) is 4.62. The van der Waals surface area contributed by atoms with Gasteiger partial charge in [-0.2, -0.15) is 0 Å². The predicted molar refractivity (Wildman–Crippen MR) is 108 cm³/mol. The van der Waals surface area contributed by atoms with Gasteiger partial charge in [0, 0.05) is 18.7 Å². The van der Waals surface area contributed by atoms with Crippen LogP contribution in [0, 0.1) is 6.92 Å². The van der Waals surface area contributed by atoms with Crippen molar-refractivity contribution in [3.8, 4) is 17.2 Å². The van der Waals surface area contributed by atoms with E-state index in [-0.39, 0.29) is 5.91 Å². The molecule has 1 N–H and O–H groups in total. The largest absolute Gasteiger partial charge is 0.493 e. The van der Waals surface area contributed by atoms with Gasteiger partial charge < -0.3 is 24.1 Å². The van der Waals surface area contributed by atoms with E-state index in [1.54, 1.807) is 12.1 Å². The van der Waals surface area contributed by atoms with Gasteiger partial charge in [-0.1, -0.05) is 12.1 Å². The van der Waals surface area contributed by atoms with Crippen molar-refractivity contribution in [3.05, 3.63) is 47.8 Å². The van der Waals surface area contributed by atoms with Gasteiger partial charge in [0.15, 0.2) is 11.5 Å². The van der Waals surface area contributed by atoms with Crippen LogP contribution in [0.4, 0.5) is 0 Å². The van der Waals surface area contributed by atoms with Crippen molar-refractivity contribution in [3.63, 3.8) is 0 Å². The first kappa shape index (κ1) is 19.5. The van der Waals surface area contributed by atoms with Gasteiger partial charge in [0.05, 0.1) is 32.4 Å². The Morgan fingerprint density at radius 2 is 1.75 bits per heavy atom. The molecule has 0 atom stereocenters. The summed E-state index contributed by atoms with van der Waals surface area (Å²) in [6.07, 6.45) is 0.789. The number of fused-ring (bicyclic) bond motifs is 1. The van der Waals surface area contributed by atoms with Crippen molar-refractivity contribution in [2.75, 3.05) is 27.9 Å². The van der Waals surface area contributed by atoms with Gasteiger partial charge in [-0.3, -0.25) is 4.79 Å². The normalized spacial score (nSPS) is 10.7. The zero-order valence-corrected chi connectivity index (χ0v) is 16.6. The Morgan fingerprint density at radius 1 is 1.07 bits per heavy atom. The number of hydrogen-bond acceptors (Lipinski definition) is 5. The standard InChI is InChI=1S/C21H25N3O4/c1-14-23-16-8-5-6-9-17(16)24(14)11-7-10-22-21(25)15-12-18(26-2)20(28-4)19(13-15)27-3/h5-6,8-9,12-13H,7,10-11H2,1-4H3,(H,22,25). The SMILES string of the molecule is COc1cc(C(=O)NCCCn2c(C)nc3ccccc32)cc(OC)c1OC. The van der Waals surface area contributed by atoms with E-state index in [9.17, 15) is 4.79 Å². The summed E-state index contributed by atoms with van der Waals surface area (Å²) in [5, 5.41) is 2.94. The summed E-state index contributed by atoms with van der Waals surface area (Å²) >= 11 is 0. The highest BCUT2D eigenvalue weighted by Crippen LogP contribution is 2.38. The summed E-state index contributed by atoms with van der Waals surface area (Å²) < 4.78 is 18.1. The fraction of sp³-hybridized carbons (Fsp3) is 0.333. The maximum atomic E-state index is 12.5. The molecule has 1 heterocycles. The second kappa shape index (κ2) is 8.65. The first-order valence-corrected chi connectivity index (χ1v) is 9.09. The first-order valence-electron chi connectivity index (χ1n) is 9.09. The Kier molecular flexibility index (Phi) is 6.03. The van der Waals surface area contributed by atoms with Crippen LogP contribution in [0.15, 0.2) is 36.4 Å². The highest BCUT2D eigenvalue weighted by atomic mass is 16.5. The number of amides is 1. The molecule has 7 heteroatoms. The smallest absolute Gasteiger partial charge is 0.251 e. The van der Waals surface area contributed by atoms with Gasteiger partial charge in [0.1, 0.15) is 5.82 Å². The van der Waals surface area contributed by atoms with Gasteiger partial charge in [0.25, 0.3) is 5.91 Å². The van der Waals surface area contributed by atoms with Crippen molar-refractivity contribution >= 4 is 16.9 Å². The van der Waals surface area contributed by atoms with Crippen molar-refractivity contribution < 1.29 is 19.0 Å². The molecule has 0 spiro atoms. The summed E-state index contributed by atoms with van der Waals surface area (Å²) in [6.45, 7) is 3.32. The Bertz CT molecular complexity index is 956. The minimum Gasteiger partial charge on any atom is -0.493 e. The van der Waals surface area contributed by atoms with Crippen LogP contribution in [0.3, 0.4) is 0 Å². The third kappa shape index (κ3) is 3.88. The maximum Gasteiger partial charge on any atom is 0.251 e. The lowest BCUT2D eigenvalue weighted by Gasteiger charge is -2.14. The second-order valence-electron chi connectivity index (χ2n) is 6.32. The molecular formula is C21H25N3O4. The van der Waals surface area contributed by atoms with Gasteiger partial charge >= 0.3 is 0 Å². The molecule has 28 heavy (non-hydrogen) atoms. The molecule has 0 aliphatic rings. The molecule has 7 nitrogen and oxygen atoms in total. The average Bonchev–Trinajstić information content (AvgIpc) is 3.04. The summed E-state index contributed by atoms with van der Waals surface area (Å²) in [6, 6.07) is 11.3. The van der Waals surface area contributed by atoms with Crippen LogP contribution >= 0.6 is 0 Å². The van der Waals surface area contributed by atoms with Gasteiger partial charge in [-0.05, 0) is 37.6 Å². The molecule has 1 aromatic heterocycles. The second-order valence-corrected chi connectivity index (χ2v) is 6.32. The molecule has 0 bridgehead atoms. The fourth-order valence-electron chi connectivity index (χ4n) is 3.23. The fourth-order valence-corrected chi connectivity index (χ4v) is 3.23. The number of carbonyl (C=O) groups excluding carboxylic acids is 1. The van der Waals surface area contributed by atoms with Crippen molar-refractivity contribution in [1.29, 1.82) is 0 Å². The number of benzene rings is 2. The van der Waals surface area contributed by atoms with E-state index in [1.807, 2.05) is 25.1 Å². The van der Waals surface area contributed by atoms with Crippen molar-refractivity contribution in [2.24, 2.45) is 0 Å². The monoisotopic (exact) mass is 383 g/mol.